The summed E-state index contributed by atoms with van der Waals surface area (Å²) in [6.07, 6.45) is 0. The summed E-state index contributed by atoms with van der Waals surface area (Å²) in [7, 11) is 0. The first-order chi connectivity index (χ1) is 9.67. The number of carbonyl (C=O) groups excluding carboxylic acids is 1. The van der Waals surface area contributed by atoms with Gasteiger partial charge in [0.1, 0.15) is 0 Å². The minimum atomic E-state index is -0.747. The molecule has 4 heteroatoms. The number of hydrogen-bond acceptors (Lipinski definition) is 4. The van der Waals surface area contributed by atoms with Crippen LogP contribution in [0.3, 0.4) is 0 Å². The van der Waals surface area contributed by atoms with Gasteiger partial charge in [0.2, 0.25) is 0 Å². The van der Waals surface area contributed by atoms with E-state index in [0.717, 1.165) is 0 Å². The maximum absolute atomic E-state index is 12.0. The summed E-state index contributed by atoms with van der Waals surface area (Å²) in [5, 5.41) is 18.6. The number of benzene rings is 1. The fourth-order valence-corrected chi connectivity index (χ4v) is 1.81. The average Bonchev–Trinajstić information content (AvgIpc) is 2.47. The van der Waals surface area contributed by atoms with Crippen LogP contribution in [0.4, 0.5) is 0 Å². The van der Waals surface area contributed by atoms with Crippen molar-refractivity contribution < 1.29 is 9.53 Å². The van der Waals surface area contributed by atoms with Crippen LogP contribution >= 0.6 is 0 Å². The van der Waals surface area contributed by atoms with Crippen LogP contribution in [0.25, 0.3) is 0 Å². The smallest absolute Gasteiger partial charge is 0.338 e. The standard InChI is InChI=1S/C17H20N2O2/c1-6-21-15(20)12-7-13(16(2,3)10-18)9-14(8-12)17(4,5)11-19/h7-9H,6H2,1-5H3. The molecule has 0 radical (unpaired) electrons. The maximum atomic E-state index is 12.0. The Balaban J connectivity index is 3.53. The van der Waals surface area contributed by atoms with E-state index in [4.69, 9.17) is 4.74 Å². The first-order valence-corrected chi connectivity index (χ1v) is 6.83. The lowest BCUT2D eigenvalue weighted by Crippen LogP contribution is -2.20. The van der Waals surface area contributed by atoms with Gasteiger partial charge < -0.3 is 4.74 Å². The van der Waals surface area contributed by atoms with Gasteiger partial charge in [0, 0.05) is 0 Å². The minimum Gasteiger partial charge on any atom is -0.462 e. The zero-order valence-corrected chi connectivity index (χ0v) is 13.2. The van der Waals surface area contributed by atoms with Gasteiger partial charge in [-0.2, -0.15) is 10.5 Å². The van der Waals surface area contributed by atoms with Crippen LogP contribution in [0.2, 0.25) is 0 Å². The number of carbonyl (C=O) groups is 1. The van der Waals surface area contributed by atoms with E-state index in [1.54, 1.807) is 46.8 Å². The van der Waals surface area contributed by atoms with E-state index in [9.17, 15) is 15.3 Å². The minimum absolute atomic E-state index is 0.279. The molecule has 4 nitrogen and oxygen atoms in total. The molecule has 0 aromatic heterocycles. The predicted octanol–water partition coefficient (Wildman–Crippen LogP) is 3.47. The third-order valence-electron chi connectivity index (χ3n) is 3.45. The van der Waals surface area contributed by atoms with Gasteiger partial charge in [-0.3, -0.25) is 0 Å². The lowest BCUT2D eigenvalue weighted by atomic mass is 9.79. The quantitative estimate of drug-likeness (QED) is 0.793. The third kappa shape index (κ3) is 3.61. The van der Waals surface area contributed by atoms with Gasteiger partial charge in [0.25, 0.3) is 0 Å². The summed E-state index contributed by atoms with van der Waals surface area (Å²) >= 11 is 0. The lowest BCUT2D eigenvalue weighted by molar-refractivity contribution is 0.0526. The molecule has 21 heavy (non-hydrogen) atoms. The number of nitriles is 2. The summed E-state index contributed by atoms with van der Waals surface area (Å²) in [6.45, 7) is 9.13. The average molecular weight is 284 g/mol. The Bertz CT molecular complexity index is 587. The second kappa shape index (κ2) is 5.97. The van der Waals surface area contributed by atoms with Crippen LogP contribution in [-0.2, 0) is 15.6 Å². The van der Waals surface area contributed by atoms with Crippen molar-refractivity contribution >= 4 is 5.97 Å². The van der Waals surface area contributed by atoms with Crippen molar-refractivity contribution in [1.82, 2.24) is 0 Å². The van der Waals surface area contributed by atoms with Gasteiger partial charge in [0.15, 0.2) is 0 Å². The largest absolute Gasteiger partial charge is 0.462 e. The Morgan fingerprint density at radius 1 is 1.05 bits per heavy atom. The third-order valence-corrected chi connectivity index (χ3v) is 3.45. The van der Waals surface area contributed by atoms with Crippen molar-refractivity contribution in [2.45, 2.75) is 45.4 Å². The second-order valence-corrected chi connectivity index (χ2v) is 5.99. The van der Waals surface area contributed by atoms with Crippen LogP contribution in [-0.4, -0.2) is 12.6 Å². The summed E-state index contributed by atoms with van der Waals surface area (Å²) in [5.74, 6) is -0.442. The van der Waals surface area contributed by atoms with E-state index in [-0.39, 0.29) is 6.61 Å². The normalized spacial score (nSPS) is 11.4. The van der Waals surface area contributed by atoms with Gasteiger partial charge in [-0.25, -0.2) is 4.79 Å². The molecule has 0 aliphatic heterocycles. The molecule has 0 saturated carbocycles. The molecule has 110 valence electrons. The highest BCUT2D eigenvalue weighted by Gasteiger charge is 2.27. The number of esters is 1. The maximum Gasteiger partial charge on any atom is 0.338 e. The molecule has 0 bridgehead atoms. The molecule has 0 amide bonds. The molecule has 0 fully saturated rings. The predicted molar refractivity (Wildman–Crippen MR) is 79.7 cm³/mol. The van der Waals surface area contributed by atoms with Crippen LogP contribution in [0.1, 0.15) is 56.1 Å². The molecule has 0 saturated heterocycles. The van der Waals surface area contributed by atoms with Gasteiger partial charge in [-0.1, -0.05) is 6.07 Å². The zero-order chi connectivity index (χ0) is 16.3. The van der Waals surface area contributed by atoms with E-state index in [1.165, 1.54) is 0 Å². The number of hydrogen-bond donors (Lipinski definition) is 0. The van der Waals surface area contributed by atoms with E-state index in [0.29, 0.717) is 16.7 Å². The van der Waals surface area contributed by atoms with E-state index >= 15 is 0 Å². The number of nitrogens with zero attached hydrogens (tertiary/aromatic N) is 2. The Morgan fingerprint density at radius 2 is 1.48 bits per heavy atom. The molecule has 0 aliphatic carbocycles. The molecule has 0 N–H and O–H groups in total. The van der Waals surface area contributed by atoms with Gasteiger partial charge >= 0.3 is 5.97 Å². The second-order valence-electron chi connectivity index (χ2n) is 5.99. The number of ether oxygens (including phenoxy) is 1. The highest BCUT2D eigenvalue weighted by atomic mass is 16.5. The summed E-state index contributed by atoms with van der Waals surface area (Å²) < 4.78 is 5.03. The molecule has 1 rings (SSSR count). The van der Waals surface area contributed by atoms with Crippen molar-refractivity contribution in [2.24, 2.45) is 0 Å². The van der Waals surface area contributed by atoms with Crippen molar-refractivity contribution in [2.75, 3.05) is 6.61 Å². The van der Waals surface area contributed by atoms with E-state index in [1.807, 2.05) is 6.07 Å². The molecule has 0 spiro atoms. The van der Waals surface area contributed by atoms with Crippen molar-refractivity contribution in [1.29, 1.82) is 10.5 Å². The van der Waals surface area contributed by atoms with Gasteiger partial charge in [-0.05, 0) is 57.9 Å². The Labute approximate surface area is 126 Å². The molecule has 0 atom stereocenters. The summed E-state index contributed by atoms with van der Waals surface area (Å²) in [6, 6.07) is 9.58. The Kier molecular flexibility index (Phi) is 4.76. The molecular formula is C17H20N2O2. The van der Waals surface area contributed by atoms with E-state index in [2.05, 4.69) is 12.1 Å². The summed E-state index contributed by atoms with van der Waals surface area (Å²) in [4.78, 5) is 12.0. The topological polar surface area (TPSA) is 73.9 Å². The van der Waals surface area contributed by atoms with Gasteiger partial charge in [-0.15, -0.1) is 0 Å². The molecule has 0 unspecified atom stereocenters. The number of rotatable bonds is 4. The molecule has 1 aromatic carbocycles. The van der Waals surface area contributed by atoms with E-state index < -0.39 is 16.8 Å². The SMILES string of the molecule is CCOC(=O)c1cc(C(C)(C)C#N)cc(C(C)(C)C#N)c1. The fraction of sp³-hybridized carbons (Fsp3) is 0.471. The highest BCUT2D eigenvalue weighted by Crippen LogP contribution is 2.30. The molecule has 0 aliphatic rings. The summed E-state index contributed by atoms with van der Waals surface area (Å²) in [5.41, 5.74) is 0.282. The van der Waals surface area contributed by atoms with Gasteiger partial charge in [0.05, 0.1) is 35.1 Å². The molecular weight excluding hydrogens is 264 g/mol. The molecule has 0 heterocycles. The Morgan fingerprint density at radius 3 is 1.81 bits per heavy atom. The zero-order valence-electron chi connectivity index (χ0n) is 13.2. The monoisotopic (exact) mass is 284 g/mol. The van der Waals surface area contributed by atoms with Crippen molar-refractivity contribution in [3.05, 3.63) is 34.9 Å². The van der Waals surface area contributed by atoms with Crippen molar-refractivity contribution in [3.63, 3.8) is 0 Å². The fourth-order valence-electron chi connectivity index (χ4n) is 1.81. The highest BCUT2D eigenvalue weighted by molar-refractivity contribution is 5.90. The first kappa shape index (κ1) is 16.7. The van der Waals surface area contributed by atoms with Crippen LogP contribution in [0.5, 0.6) is 0 Å². The lowest BCUT2D eigenvalue weighted by Gasteiger charge is -2.22. The van der Waals surface area contributed by atoms with Crippen LogP contribution in [0, 0.1) is 22.7 Å². The van der Waals surface area contributed by atoms with Crippen molar-refractivity contribution in [3.8, 4) is 12.1 Å². The van der Waals surface area contributed by atoms with Crippen LogP contribution < -0.4 is 0 Å². The first-order valence-electron chi connectivity index (χ1n) is 6.83. The van der Waals surface area contributed by atoms with Crippen LogP contribution in [0.15, 0.2) is 18.2 Å². The molecule has 1 aromatic rings. The Hall–Kier alpha value is -2.33.